The van der Waals surface area contributed by atoms with Gasteiger partial charge in [-0.15, -0.1) is 0 Å². The molecule has 0 aliphatic rings. The zero-order chi connectivity index (χ0) is 13.1. The fraction of sp³-hybridized carbons (Fsp3) is 0.417. The van der Waals surface area contributed by atoms with Gasteiger partial charge in [-0.2, -0.15) is 0 Å². The summed E-state index contributed by atoms with van der Waals surface area (Å²) in [7, 11) is -3.35. The molecule has 0 atom stereocenters. The highest BCUT2D eigenvalue weighted by Crippen LogP contribution is 2.16. The summed E-state index contributed by atoms with van der Waals surface area (Å²) in [6.45, 7) is 3.61. The maximum Gasteiger partial charge on any atom is 0.179 e. The summed E-state index contributed by atoms with van der Waals surface area (Å²) < 4.78 is 23.3. The highest BCUT2D eigenvalue weighted by molar-refractivity contribution is 7.92. The maximum absolute atomic E-state index is 11.8. The predicted octanol–water partition coefficient (Wildman–Crippen LogP) is 2.59. The Balaban J connectivity index is 2.84. The van der Waals surface area contributed by atoms with Crippen LogP contribution in [0.4, 0.5) is 0 Å². The van der Waals surface area contributed by atoms with Gasteiger partial charge in [0.15, 0.2) is 15.6 Å². The van der Waals surface area contributed by atoms with Crippen LogP contribution in [0.1, 0.15) is 24.2 Å². The molecular weight excluding hydrogens is 260 g/mol. The van der Waals surface area contributed by atoms with Gasteiger partial charge in [0, 0.05) is 5.56 Å². The van der Waals surface area contributed by atoms with Crippen LogP contribution in [0.2, 0.25) is 5.02 Å². The van der Waals surface area contributed by atoms with Crippen LogP contribution < -0.4 is 0 Å². The second kappa shape index (κ2) is 5.65. The summed E-state index contributed by atoms with van der Waals surface area (Å²) in [5.74, 6) is -0.895. The highest BCUT2D eigenvalue weighted by atomic mass is 35.5. The predicted molar refractivity (Wildman–Crippen MR) is 69.3 cm³/mol. The molecule has 5 heteroatoms. The van der Waals surface area contributed by atoms with Gasteiger partial charge < -0.3 is 0 Å². The van der Waals surface area contributed by atoms with Crippen LogP contribution in [0.5, 0.6) is 0 Å². The van der Waals surface area contributed by atoms with Gasteiger partial charge in [-0.05, 0) is 18.1 Å². The summed E-state index contributed by atoms with van der Waals surface area (Å²) in [5, 5.41) is 0.289. The molecule has 1 aromatic carbocycles. The number of ketones is 1. The zero-order valence-corrected chi connectivity index (χ0v) is 11.4. The molecular formula is C12H15ClO3S. The van der Waals surface area contributed by atoms with Crippen LogP contribution in [-0.4, -0.2) is 25.7 Å². The number of halogens is 1. The molecule has 0 aliphatic carbocycles. The molecule has 3 nitrogen and oxygen atoms in total. The minimum absolute atomic E-state index is 0.0130. The van der Waals surface area contributed by atoms with Crippen LogP contribution in [0.25, 0.3) is 0 Å². The lowest BCUT2D eigenvalue weighted by Crippen LogP contribution is -2.21. The van der Waals surface area contributed by atoms with Gasteiger partial charge in [-0.1, -0.05) is 37.6 Å². The van der Waals surface area contributed by atoms with Crippen molar-refractivity contribution in [3.63, 3.8) is 0 Å². The number of hydrogen-bond donors (Lipinski definition) is 0. The van der Waals surface area contributed by atoms with Gasteiger partial charge in [0.2, 0.25) is 0 Å². The topological polar surface area (TPSA) is 51.2 Å². The molecule has 0 radical (unpaired) electrons. The van der Waals surface area contributed by atoms with Gasteiger partial charge >= 0.3 is 0 Å². The van der Waals surface area contributed by atoms with Crippen molar-refractivity contribution in [1.82, 2.24) is 0 Å². The van der Waals surface area contributed by atoms with E-state index in [1.54, 1.807) is 32.0 Å². The summed E-state index contributed by atoms with van der Waals surface area (Å²) in [6.07, 6.45) is 0. The van der Waals surface area contributed by atoms with Gasteiger partial charge in [0.05, 0.1) is 10.8 Å². The molecule has 94 valence electrons. The molecule has 0 N–H and O–H groups in total. The number of carbonyl (C=O) groups is 1. The van der Waals surface area contributed by atoms with E-state index >= 15 is 0 Å². The molecule has 0 heterocycles. The monoisotopic (exact) mass is 274 g/mol. The molecule has 0 fully saturated rings. The van der Waals surface area contributed by atoms with Gasteiger partial charge in [0.25, 0.3) is 0 Å². The van der Waals surface area contributed by atoms with Crippen molar-refractivity contribution in [2.45, 2.75) is 13.8 Å². The minimum atomic E-state index is -3.35. The summed E-state index contributed by atoms with van der Waals surface area (Å²) >= 11 is 5.84. The average Bonchev–Trinajstić information content (AvgIpc) is 2.14. The molecule has 17 heavy (non-hydrogen) atoms. The number of sulfone groups is 1. The molecule has 0 unspecified atom stereocenters. The number of rotatable bonds is 5. The Morgan fingerprint density at radius 2 is 1.88 bits per heavy atom. The van der Waals surface area contributed by atoms with Gasteiger partial charge in [0.1, 0.15) is 5.75 Å². The smallest absolute Gasteiger partial charge is 0.179 e. The van der Waals surface area contributed by atoms with Crippen LogP contribution in [-0.2, 0) is 9.84 Å². The molecule has 1 rings (SSSR count). The van der Waals surface area contributed by atoms with E-state index in [9.17, 15) is 13.2 Å². The first-order valence-electron chi connectivity index (χ1n) is 5.30. The van der Waals surface area contributed by atoms with E-state index in [4.69, 9.17) is 11.6 Å². The molecule has 0 aliphatic heterocycles. The van der Waals surface area contributed by atoms with Crippen molar-refractivity contribution in [3.05, 3.63) is 34.9 Å². The van der Waals surface area contributed by atoms with Crippen LogP contribution in [0.15, 0.2) is 24.3 Å². The highest BCUT2D eigenvalue weighted by Gasteiger charge is 2.20. The van der Waals surface area contributed by atoms with E-state index in [1.165, 1.54) is 6.07 Å². The molecule has 0 saturated carbocycles. The quantitative estimate of drug-likeness (QED) is 0.776. The molecule has 0 bridgehead atoms. The van der Waals surface area contributed by atoms with Crippen molar-refractivity contribution in [2.24, 2.45) is 5.92 Å². The van der Waals surface area contributed by atoms with E-state index in [2.05, 4.69) is 0 Å². The molecule has 0 saturated heterocycles. The van der Waals surface area contributed by atoms with Crippen molar-refractivity contribution >= 4 is 27.2 Å². The third-order valence-corrected chi connectivity index (χ3v) is 4.32. The Labute approximate surface area is 107 Å². The zero-order valence-electron chi connectivity index (χ0n) is 9.81. The lowest BCUT2D eigenvalue weighted by molar-refractivity contribution is 0.102. The third kappa shape index (κ3) is 4.48. The number of hydrogen-bond acceptors (Lipinski definition) is 3. The fourth-order valence-corrected chi connectivity index (χ4v) is 3.46. The fourth-order valence-electron chi connectivity index (χ4n) is 1.53. The van der Waals surface area contributed by atoms with E-state index in [1.807, 2.05) is 0 Å². The Bertz CT molecular complexity index is 506. The van der Waals surface area contributed by atoms with E-state index in [0.717, 1.165) is 0 Å². The number of Topliss-reactive ketones (excluding diaryl/α,β-unsaturated/α-hetero) is 1. The SMILES string of the molecule is CC(C)CS(=O)(=O)CC(=O)c1ccccc1Cl. The molecule has 0 amide bonds. The second-order valence-electron chi connectivity index (χ2n) is 4.35. The Kier molecular flexibility index (Phi) is 4.71. The standard InChI is InChI=1S/C12H15ClO3S/c1-9(2)7-17(15,16)8-12(14)10-5-3-4-6-11(10)13/h3-6,9H,7-8H2,1-2H3. The lowest BCUT2D eigenvalue weighted by Gasteiger charge is -2.07. The molecule has 1 aromatic rings. The lowest BCUT2D eigenvalue weighted by atomic mass is 10.1. The van der Waals surface area contributed by atoms with Crippen molar-refractivity contribution < 1.29 is 13.2 Å². The number of benzene rings is 1. The first-order valence-corrected chi connectivity index (χ1v) is 7.50. The van der Waals surface area contributed by atoms with E-state index < -0.39 is 21.4 Å². The van der Waals surface area contributed by atoms with Crippen LogP contribution in [0.3, 0.4) is 0 Å². The van der Waals surface area contributed by atoms with E-state index in [-0.39, 0.29) is 22.3 Å². The minimum Gasteiger partial charge on any atom is -0.293 e. The van der Waals surface area contributed by atoms with Crippen molar-refractivity contribution in [3.8, 4) is 0 Å². The van der Waals surface area contributed by atoms with E-state index in [0.29, 0.717) is 0 Å². The maximum atomic E-state index is 11.8. The number of carbonyl (C=O) groups excluding carboxylic acids is 1. The molecule has 0 spiro atoms. The van der Waals surface area contributed by atoms with Crippen molar-refractivity contribution in [1.29, 1.82) is 0 Å². The first-order chi connectivity index (χ1) is 7.82. The van der Waals surface area contributed by atoms with Crippen LogP contribution >= 0.6 is 11.6 Å². The molecule has 0 aromatic heterocycles. The third-order valence-electron chi connectivity index (χ3n) is 2.11. The largest absolute Gasteiger partial charge is 0.293 e. The Morgan fingerprint density at radius 1 is 1.29 bits per heavy atom. The van der Waals surface area contributed by atoms with Crippen molar-refractivity contribution in [2.75, 3.05) is 11.5 Å². The average molecular weight is 275 g/mol. The van der Waals surface area contributed by atoms with Crippen LogP contribution in [0, 0.1) is 5.92 Å². The summed E-state index contributed by atoms with van der Waals surface area (Å²) in [5.41, 5.74) is 0.265. The normalized spacial score (nSPS) is 11.8. The Hall–Kier alpha value is -0.870. The van der Waals surface area contributed by atoms with Gasteiger partial charge in [-0.25, -0.2) is 8.42 Å². The Morgan fingerprint density at radius 3 is 2.41 bits per heavy atom. The summed E-state index contributed by atoms with van der Waals surface area (Å²) in [4.78, 5) is 11.8. The summed E-state index contributed by atoms with van der Waals surface area (Å²) in [6, 6.07) is 6.47. The van der Waals surface area contributed by atoms with Gasteiger partial charge in [-0.3, -0.25) is 4.79 Å². The first kappa shape index (κ1) is 14.2. The second-order valence-corrected chi connectivity index (χ2v) is 6.87.